The second-order valence-electron chi connectivity index (χ2n) is 6.03. The molecule has 0 saturated carbocycles. The van der Waals surface area contributed by atoms with Gasteiger partial charge in [0.1, 0.15) is 11.1 Å². The predicted molar refractivity (Wildman–Crippen MR) is 104 cm³/mol. The minimum atomic E-state index is -1.43. The SMILES string of the molecule is CCNC(=O)NC(=O)[C@@H](OC(=O)c1cc2ccccc2oc1=O)c1ccccc1. The van der Waals surface area contributed by atoms with Gasteiger partial charge in [-0.2, -0.15) is 0 Å². The molecule has 148 valence electrons. The van der Waals surface area contributed by atoms with E-state index in [1.54, 1.807) is 61.5 Å². The molecule has 0 fully saturated rings. The van der Waals surface area contributed by atoms with E-state index < -0.39 is 29.6 Å². The van der Waals surface area contributed by atoms with Gasteiger partial charge in [0.25, 0.3) is 5.91 Å². The fraction of sp³-hybridized carbons (Fsp3) is 0.143. The highest BCUT2D eigenvalue weighted by atomic mass is 16.5. The highest BCUT2D eigenvalue weighted by Crippen LogP contribution is 2.20. The maximum Gasteiger partial charge on any atom is 0.351 e. The Morgan fingerprint density at radius 2 is 1.72 bits per heavy atom. The number of rotatable bonds is 5. The van der Waals surface area contributed by atoms with Crippen molar-refractivity contribution >= 4 is 28.9 Å². The number of imide groups is 1. The molecule has 8 nitrogen and oxygen atoms in total. The quantitative estimate of drug-likeness (QED) is 0.508. The van der Waals surface area contributed by atoms with Crippen LogP contribution in [0.5, 0.6) is 0 Å². The molecule has 0 radical (unpaired) electrons. The van der Waals surface area contributed by atoms with Crippen LogP contribution in [-0.2, 0) is 9.53 Å². The van der Waals surface area contributed by atoms with Gasteiger partial charge in [-0.3, -0.25) is 10.1 Å². The molecule has 0 unspecified atom stereocenters. The van der Waals surface area contributed by atoms with Crippen LogP contribution in [0.25, 0.3) is 11.0 Å². The van der Waals surface area contributed by atoms with Gasteiger partial charge in [-0.05, 0) is 19.1 Å². The number of ether oxygens (including phenoxy) is 1. The van der Waals surface area contributed by atoms with E-state index in [0.717, 1.165) is 0 Å². The number of esters is 1. The first-order valence-corrected chi connectivity index (χ1v) is 8.87. The zero-order valence-corrected chi connectivity index (χ0v) is 15.5. The maximum absolute atomic E-state index is 12.6. The monoisotopic (exact) mass is 394 g/mol. The number of fused-ring (bicyclic) bond motifs is 1. The predicted octanol–water partition coefficient (Wildman–Crippen LogP) is 2.54. The van der Waals surface area contributed by atoms with Gasteiger partial charge in [0, 0.05) is 17.5 Å². The Morgan fingerprint density at radius 1 is 1.03 bits per heavy atom. The summed E-state index contributed by atoms with van der Waals surface area (Å²) in [7, 11) is 0. The van der Waals surface area contributed by atoms with Crippen LogP contribution >= 0.6 is 0 Å². The van der Waals surface area contributed by atoms with Gasteiger partial charge in [-0.25, -0.2) is 14.4 Å². The molecule has 8 heteroatoms. The minimum absolute atomic E-state index is 0.313. The summed E-state index contributed by atoms with van der Waals surface area (Å²) in [5, 5.41) is 5.06. The van der Waals surface area contributed by atoms with Crippen molar-refractivity contribution in [3.8, 4) is 0 Å². The van der Waals surface area contributed by atoms with E-state index in [-0.39, 0.29) is 5.56 Å². The molecule has 0 bridgehead atoms. The Morgan fingerprint density at radius 3 is 2.45 bits per heavy atom. The summed E-state index contributed by atoms with van der Waals surface area (Å²) in [4.78, 5) is 49.1. The Balaban J connectivity index is 1.90. The first-order chi connectivity index (χ1) is 14.0. The van der Waals surface area contributed by atoms with E-state index in [1.165, 1.54) is 6.07 Å². The second kappa shape index (κ2) is 8.83. The van der Waals surface area contributed by atoms with Crippen molar-refractivity contribution in [3.63, 3.8) is 0 Å². The lowest BCUT2D eigenvalue weighted by Crippen LogP contribution is -2.42. The number of carbonyl (C=O) groups is 3. The number of benzene rings is 2. The normalized spacial score (nSPS) is 11.5. The molecule has 1 heterocycles. The lowest BCUT2D eigenvalue weighted by molar-refractivity contribution is -0.129. The van der Waals surface area contributed by atoms with E-state index in [0.29, 0.717) is 23.1 Å². The van der Waals surface area contributed by atoms with Crippen LogP contribution in [0.2, 0.25) is 0 Å². The van der Waals surface area contributed by atoms with E-state index in [1.807, 2.05) is 0 Å². The van der Waals surface area contributed by atoms with E-state index in [9.17, 15) is 19.2 Å². The molecule has 3 aromatic rings. The topological polar surface area (TPSA) is 115 Å². The van der Waals surface area contributed by atoms with Gasteiger partial charge in [-0.15, -0.1) is 0 Å². The lowest BCUT2D eigenvalue weighted by Gasteiger charge is -2.17. The molecule has 0 aliphatic heterocycles. The Kier molecular flexibility index (Phi) is 6.03. The minimum Gasteiger partial charge on any atom is -0.443 e. The van der Waals surface area contributed by atoms with Crippen LogP contribution in [0.4, 0.5) is 4.79 Å². The summed E-state index contributed by atoms with van der Waals surface area (Å²) in [6.07, 6.45) is -1.43. The molecular formula is C21H18N2O6. The van der Waals surface area contributed by atoms with Gasteiger partial charge in [0.15, 0.2) is 0 Å². The van der Waals surface area contributed by atoms with Crippen LogP contribution in [0.3, 0.4) is 0 Å². The standard InChI is InChI=1S/C21H18N2O6/c1-2-22-21(27)23-18(24)17(13-8-4-3-5-9-13)29-20(26)15-12-14-10-6-7-11-16(14)28-19(15)25/h3-12,17H,2H2,1H3,(H2,22,23,24,27)/t17-/m0/s1. The molecule has 0 spiro atoms. The zero-order valence-electron chi connectivity index (χ0n) is 15.5. The van der Waals surface area contributed by atoms with Crippen molar-refractivity contribution in [2.24, 2.45) is 0 Å². The number of hydrogen-bond acceptors (Lipinski definition) is 6. The lowest BCUT2D eigenvalue weighted by atomic mass is 10.1. The Hall–Kier alpha value is -3.94. The molecule has 1 atom stereocenters. The molecule has 0 aliphatic rings. The maximum atomic E-state index is 12.6. The van der Waals surface area contributed by atoms with Crippen molar-refractivity contribution in [2.45, 2.75) is 13.0 Å². The van der Waals surface area contributed by atoms with E-state index in [4.69, 9.17) is 9.15 Å². The molecule has 2 N–H and O–H groups in total. The van der Waals surface area contributed by atoms with Crippen molar-refractivity contribution in [1.82, 2.24) is 10.6 Å². The fourth-order valence-electron chi connectivity index (χ4n) is 2.66. The van der Waals surface area contributed by atoms with Gasteiger partial charge in [0.05, 0.1) is 0 Å². The Bertz CT molecular complexity index is 1110. The van der Waals surface area contributed by atoms with Gasteiger partial charge >= 0.3 is 17.6 Å². The smallest absolute Gasteiger partial charge is 0.351 e. The van der Waals surface area contributed by atoms with Gasteiger partial charge < -0.3 is 14.5 Å². The summed E-state index contributed by atoms with van der Waals surface area (Å²) in [5.41, 5.74) is -0.574. The summed E-state index contributed by atoms with van der Waals surface area (Å²) in [5.74, 6) is -1.88. The van der Waals surface area contributed by atoms with E-state index in [2.05, 4.69) is 10.6 Å². The summed E-state index contributed by atoms with van der Waals surface area (Å²) in [6, 6.07) is 15.5. The zero-order chi connectivity index (χ0) is 20.8. The number of amides is 3. The van der Waals surface area contributed by atoms with Crippen molar-refractivity contribution in [2.75, 3.05) is 6.54 Å². The molecule has 29 heavy (non-hydrogen) atoms. The first-order valence-electron chi connectivity index (χ1n) is 8.87. The number of nitrogens with one attached hydrogen (secondary N) is 2. The van der Waals surface area contributed by atoms with Crippen LogP contribution in [-0.4, -0.2) is 24.5 Å². The molecule has 3 amide bonds. The highest BCUT2D eigenvalue weighted by molar-refractivity contribution is 5.99. The van der Waals surface area contributed by atoms with Crippen LogP contribution < -0.4 is 16.3 Å². The van der Waals surface area contributed by atoms with Crippen molar-refractivity contribution in [3.05, 3.63) is 82.2 Å². The van der Waals surface area contributed by atoms with Crippen LogP contribution in [0.15, 0.2) is 69.9 Å². The summed E-state index contributed by atoms with van der Waals surface area (Å²) in [6.45, 7) is 2.00. The average Bonchev–Trinajstić information content (AvgIpc) is 2.72. The van der Waals surface area contributed by atoms with Crippen molar-refractivity contribution < 1.29 is 23.5 Å². The molecule has 0 saturated heterocycles. The third-order valence-electron chi connectivity index (χ3n) is 4.00. The molecule has 2 aromatic carbocycles. The molecule has 3 rings (SSSR count). The van der Waals surface area contributed by atoms with Gasteiger partial charge in [0.2, 0.25) is 6.10 Å². The summed E-state index contributed by atoms with van der Waals surface area (Å²) < 4.78 is 10.4. The fourth-order valence-corrected chi connectivity index (χ4v) is 2.66. The number of hydrogen-bond donors (Lipinski definition) is 2. The van der Waals surface area contributed by atoms with E-state index >= 15 is 0 Å². The third kappa shape index (κ3) is 4.67. The van der Waals surface area contributed by atoms with Crippen LogP contribution in [0, 0.1) is 0 Å². The van der Waals surface area contributed by atoms with Crippen molar-refractivity contribution in [1.29, 1.82) is 0 Å². The van der Waals surface area contributed by atoms with Gasteiger partial charge in [-0.1, -0.05) is 48.5 Å². The average molecular weight is 394 g/mol. The van der Waals surface area contributed by atoms with Crippen LogP contribution in [0.1, 0.15) is 28.9 Å². The highest BCUT2D eigenvalue weighted by Gasteiger charge is 2.28. The first kappa shape index (κ1) is 19.8. The molecular weight excluding hydrogens is 376 g/mol. The molecule has 0 aliphatic carbocycles. The largest absolute Gasteiger partial charge is 0.443 e. The number of carbonyl (C=O) groups excluding carboxylic acids is 3. The summed E-state index contributed by atoms with van der Waals surface area (Å²) >= 11 is 0. The Labute approximate surface area is 165 Å². The number of para-hydroxylation sites is 1. The third-order valence-corrected chi connectivity index (χ3v) is 4.00. The number of urea groups is 1. The molecule has 1 aromatic heterocycles. The second-order valence-corrected chi connectivity index (χ2v) is 6.03.